The third-order valence-corrected chi connectivity index (χ3v) is 2.82. The van der Waals surface area contributed by atoms with E-state index in [4.69, 9.17) is 27.4 Å². The number of nitrogens with zero attached hydrogens (tertiary/aromatic N) is 1. The molecule has 1 aromatic rings. The molecular formula is C8H10BClN2O2. The van der Waals surface area contributed by atoms with Crippen molar-refractivity contribution in [3.8, 4) is 0 Å². The van der Waals surface area contributed by atoms with Crippen LogP contribution in [-0.2, 0) is 5.54 Å². The van der Waals surface area contributed by atoms with Crippen LogP contribution < -0.4 is 11.2 Å². The first-order valence-corrected chi connectivity index (χ1v) is 4.72. The second kappa shape index (κ2) is 3.20. The Balaban J connectivity index is 2.41. The zero-order valence-corrected chi connectivity index (χ0v) is 8.20. The van der Waals surface area contributed by atoms with Crippen molar-refractivity contribution in [3.05, 3.63) is 23.0 Å². The molecule has 2 rings (SSSR count). The van der Waals surface area contributed by atoms with Crippen LogP contribution in [0, 0.1) is 0 Å². The van der Waals surface area contributed by atoms with Gasteiger partial charge in [0.2, 0.25) is 0 Å². The molecule has 74 valence electrons. The van der Waals surface area contributed by atoms with Gasteiger partial charge in [-0.1, -0.05) is 17.7 Å². The monoisotopic (exact) mass is 212 g/mol. The van der Waals surface area contributed by atoms with E-state index in [2.05, 4.69) is 4.98 Å². The Hall–Kier alpha value is -0.615. The quantitative estimate of drug-likeness (QED) is 0.450. The Morgan fingerprint density at radius 1 is 1.50 bits per heavy atom. The van der Waals surface area contributed by atoms with Crippen LogP contribution in [0.2, 0.25) is 5.15 Å². The van der Waals surface area contributed by atoms with Gasteiger partial charge < -0.3 is 15.8 Å². The van der Waals surface area contributed by atoms with Gasteiger partial charge in [-0.05, 0) is 18.4 Å². The zero-order valence-electron chi connectivity index (χ0n) is 7.44. The molecule has 4 nitrogen and oxygen atoms in total. The highest BCUT2D eigenvalue weighted by atomic mass is 35.5. The third kappa shape index (κ3) is 1.64. The van der Waals surface area contributed by atoms with Crippen molar-refractivity contribution < 1.29 is 10.0 Å². The van der Waals surface area contributed by atoms with Crippen LogP contribution in [0.5, 0.6) is 0 Å². The summed E-state index contributed by atoms with van der Waals surface area (Å²) in [5.41, 5.74) is 6.63. The highest BCUT2D eigenvalue weighted by Gasteiger charge is 2.40. The number of pyridine rings is 1. The van der Waals surface area contributed by atoms with Crippen molar-refractivity contribution in [1.82, 2.24) is 4.98 Å². The lowest BCUT2D eigenvalue weighted by atomic mass is 9.80. The Bertz CT molecular complexity index is 368. The molecule has 0 amide bonds. The molecule has 0 bridgehead atoms. The molecule has 1 saturated carbocycles. The Morgan fingerprint density at radius 3 is 2.64 bits per heavy atom. The lowest BCUT2D eigenvalue weighted by molar-refractivity contribution is 0.425. The minimum atomic E-state index is -1.60. The van der Waals surface area contributed by atoms with E-state index in [1.165, 1.54) is 0 Å². The molecular weight excluding hydrogens is 202 g/mol. The molecule has 0 spiro atoms. The fourth-order valence-corrected chi connectivity index (χ4v) is 1.54. The van der Waals surface area contributed by atoms with Crippen molar-refractivity contribution in [2.24, 2.45) is 5.73 Å². The van der Waals surface area contributed by atoms with E-state index in [0.717, 1.165) is 18.4 Å². The second-order valence-corrected chi connectivity index (χ2v) is 3.99. The van der Waals surface area contributed by atoms with Crippen molar-refractivity contribution in [2.75, 3.05) is 0 Å². The van der Waals surface area contributed by atoms with Gasteiger partial charge in [0.25, 0.3) is 0 Å². The lowest BCUT2D eigenvalue weighted by Crippen LogP contribution is -2.33. The van der Waals surface area contributed by atoms with E-state index in [9.17, 15) is 0 Å². The second-order valence-electron chi connectivity index (χ2n) is 3.63. The largest absolute Gasteiger partial charge is 0.491 e. The number of aromatic nitrogens is 1. The van der Waals surface area contributed by atoms with Gasteiger partial charge in [-0.2, -0.15) is 0 Å². The molecule has 0 saturated heterocycles. The minimum Gasteiger partial charge on any atom is -0.423 e. The van der Waals surface area contributed by atoms with Gasteiger partial charge >= 0.3 is 7.12 Å². The van der Waals surface area contributed by atoms with E-state index in [-0.39, 0.29) is 16.2 Å². The molecule has 0 aromatic carbocycles. The van der Waals surface area contributed by atoms with Crippen LogP contribution in [0.4, 0.5) is 0 Å². The van der Waals surface area contributed by atoms with Crippen LogP contribution in [0.1, 0.15) is 18.4 Å². The summed E-state index contributed by atoms with van der Waals surface area (Å²) in [6.07, 6.45) is 3.38. The molecule has 0 radical (unpaired) electrons. The average Bonchev–Trinajstić information content (AvgIpc) is 2.85. The van der Waals surface area contributed by atoms with E-state index < -0.39 is 7.12 Å². The Morgan fingerprint density at radius 2 is 2.14 bits per heavy atom. The molecule has 0 unspecified atom stereocenters. The standard InChI is InChI=1S/C8H10BClN2O2/c10-7-6(9(13)14)3-5(4-12-7)8(11)1-2-8/h3-4,13-14H,1-2,11H2. The number of halogens is 1. The van der Waals surface area contributed by atoms with Crippen LogP contribution in [0.3, 0.4) is 0 Å². The maximum Gasteiger partial charge on any atom is 0.491 e. The fourth-order valence-electron chi connectivity index (χ4n) is 1.34. The molecule has 1 heterocycles. The topological polar surface area (TPSA) is 79.4 Å². The first-order chi connectivity index (χ1) is 6.53. The Labute approximate surface area is 86.9 Å². The molecule has 1 aromatic heterocycles. The fraction of sp³-hybridized carbons (Fsp3) is 0.375. The van der Waals surface area contributed by atoms with Crippen molar-refractivity contribution >= 4 is 24.2 Å². The molecule has 1 aliphatic rings. The van der Waals surface area contributed by atoms with Gasteiger partial charge in [-0.3, -0.25) is 0 Å². The van der Waals surface area contributed by atoms with Gasteiger partial charge in [0.15, 0.2) is 0 Å². The molecule has 0 atom stereocenters. The SMILES string of the molecule is NC1(c2cnc(Cl)c(B(O)O)c2)CC1. The first kappa shape index (κ1) is 9.92. The first-order valence-electron chi connectivity index (χ1n) is 4.34. The number of hydrogen-bond donors (Lipinski definition) is 3. The van der Waals surface area contributed by atoms with Crippen molar-refractivity contribution in [2.45, 2.75) is 18.4 Å². The van der Waals surface area contributed by atoms with Crippen molar-refractivity contribution in [1.29, 1.82) is 0 Å². The van der Waals surface area contributed by atoms with Crippen LogP contribution in [0.15, 0.2) is 12.3 Å². The maximum absolute atomic E-state index is 9.01. The highest BCUT2D eigenvalue weighted by Crippen LogP contribution is 2.42. The molecule has 14 heavy (non-hydrogen) atoms. The average molecular weight is 212 g/mol. The molecule has 6 heteroatoms. The van der Waals surface area contributed by atoms with Gasteiger partial charge in [0.05, 0.1) is 0 Å². The predicted octanol–water partition coefficient (Wildman–Crippen LogP) is -0.637. The smallest absolute Gasteiger partial charge is 0.423 e. The molecule has 0 aliphatic heterocycles. The maximum atomic E-state index is 9.01. The van der Waals surface area contributed by atoms with E-state index in [1.54, 1.807) is 12.3 Å². The molecule has 1 fully saturated rings. The van der Waals surface area contributed by atoms with Gasteiger partial charge in [0, 0.05) is 17.2 Å². The van der Waals surface area contributed by atoms with Gasteiger partial charge in [-0.25, -0.2) is 4.98 Å². The van der Waals surface area contributed by atoms with E-state index >= 15 is 0 Å². The Kier molecular flexibility index (Phi) is 2.27. The summed E-state index contributed by atoms with van der Waals surface area (Å²) in [5.74, 6) is 0. The number of nitrogens with two attached hydrogens (primary N) is 1. The van der Waals surface area contributed by atoms with Crippen LogP contribution in [-0.4, -0.2) is 22.2 Å². The summed E-state index contributed by atoms with van der Waals surface area (Å²) in [6.45, 7) is 0. The predicted molar refractivity (Wildman–Crippen MR) is 54.2 cm³/mol. The summed E-state index contributed by atoms with van der Waals surface area (Å²) in [4.78, 5) is 3.87. The third-order valence-electron chi connectivity index (χ3n) is 2.51. The summed E-state index contributed by atoms with van der Waals surface area (Å²) >= 11 is 5.69. The van der Waals surface area contributed by atoms with Crippen molar-refractivity contribution in [3.63, 3.8) is 0 Å². The summed E-state index contributed by atoms with van der Waals surface area (Å²) in [6, 6.07) is 1.60. The summed E-state index contributed by atoms with van der Waals surface area (Å²) in [7, 11) is -1.60. The minimum absolute atomic E-state index is 0.105. The summed E-state index contributed by atoms with van der Waals surface area (Å²) in [5, 5.41) is 18.1. The molecule has 4 N–H and O–H groups in total. The van der Waals surface area contributed by atoms with Crippen LogP contribution in [0.25, 0.3) is 0 Å². The van der Waals surface area contributed by atoms with E-state index in [1.807, 2.05) is 0 Å². The van der Waals surface area contributed by atoms with Gasteiger partial charge in [0.1, 0.15) is 5.15 Å². The van der Waals surface area contributed by atoms with E-state index in [0.29, 0.717) is 0 Å². The number of rotatable bonds is 2. The van der Waals surface area contributed by atoms with Crippen LogP contribution >= 0.6 is 11.6 Å². The zero-order chi connectivity index (χ0) is 10.3. The normalized spacial score (nSPS) is 18.0. The number of hydrogen-bond acceptors (Lipinski definition) is 4. The van der Waals surface area contributed by atoms with Gasteiger partial charge in [-0.15, -0.1) is 0 Å². The summed E-state index contributed by atoms with van der Waals surface area (Å²) < 4.78 is 0. The molecule has 1 aliphatic carbocycles. The lowest BCUT2D eigenvalue weighted by Gasteiger charge is -2.10. The highest BCUT2D eigenvalue weighted by molar-refractivity contribution is 6.62.